The van der Waals surface area contributed by atoms with Gasteiger partial charge in [-0.05, 0) is 26.2 Å². The van der Waals surface area contributed by atoms with Crippen molar-refractivity contribution in [1.82, 2.24) is 9.97 Å². The normalized spacial score (nSPS) is 18.3. The first kappa shape index (κ1) is 9.87. The first-order valence-electron chi connectivity index (χ1n) is 4.89. The number of aromatic nitrogens is 2. The van der Waals surface area contributed by atoms with E-state index >= 15 is 0 Å². The molecule has 76 valence electrons. The number of hydrogen-bond acceptors (Lipinski definition) is 3. The largest absolute Gasteiger partial charge is 0.321 e. The molecule has 0 unspecified atom stereocenters. The van der Waals surface area contributed by atoms with Crippen molar-refractivity contribution in [1.29, 1.82) is 0 Å². The maximum absolute atomic E-state index is 6.13. The number of hydrogen-bond donors (Lipinski definition) is 1. The Bertz CT molecular complexity index is 372. The number of nitrogens with two attached hydrogens (primary N) is 1. The van der Waals surface area contributed by atoms with Crippen LogP contribution in [0.2, 0.25) is 5.15 Å². The molecule has 4 heteroatoms. The summed E-state index contributed by atoms with van der Waals surface area (Å²) in [7, 11) is 0. The van der Waals surface area contributed by atoms with Crippen LogP contribution in [0.5, 0.6) is 0 Å². The van der Waals surface area contributed by atoms with Gasteiger partial charge in [-0.1, -0.05) is 18.5 Å². The minimum absolute atomic E-state index is 0.240. The molecular weight excluding hydrogens is 198 g/mol. The van der Waals surface area contributed by atoms with E-state index in [4.69, 9.17) is 17.3 Å². The molecule has 0 saturated heterocycles. The molecule has 1 fully saturated rings. The van der Waals surface area contributed by atoms with Gasteiger partial charge in [0.25, 0.3) is 0 Å². The van der Waals surface area contributed by atoms with Crippen molar-refractivity contribution in [3.63, 3.8) is 0 Å². The maximum Gasteiger partial charge on any atom is 0.138 e. The Hall–Kier alpha value is -0.670. The second-order valence-corrected chi connectivity index (χ2v) is 4.25. The van der Waals surface area contributed by atoms with Gasteiger partial charge in [0.05, 0.1) is 5.69 Å². The third kappa shape index (κ3) is 1.51. The molecule has 0 bridgehead atoms. The minimum atomic E-state index is -0.240. The van der Waals surface area contributed by atoms with Gasteiger partial charge in [-0.25, -0.2) is 9.97 Å². The molecule has 1 aromatic rings. The van der Waals surface area contributed by atoms with Crippen molar-refractivity contribution in [2.75, 3.05) is 0 Å². The van der Waals surface area contributed by atoms with Gasteiger partial charge in [-0.15, -0.1) is 0 Å². The van der Waals surface area contributed by atoms with Crippen molar-refractivity contribution < 1.29 is 0 Å². The van der Waals surface area contributed by atoms with E-state index in [-0.39, 0.29) is 5.54 Å². The van der Waals surface area contributed by atoms with E-state index in [0.717, 1.165) is 36.3 Å². The van der Waals surface area contributed by atoms with E-state index < -0.39 is 0 Å². The van der Waals surface area contributed by atoms with Crippen molar-refractivity contribution >= 4 is 11.6 Å². The lowest BCUT2D eigenvalue weighted by Gasteiger charge is -2.15. The van der Waals surface area contributed by atoms with E-state index in [1.165, 1.54) is 0 Å². The number of halogens is 1. The Kier molecular flexibility index (Phi) is 2.24. The molecule has 1 aliphatic rings. The topological polar surface area (TPSA) is 51.8 Å². The van der Waals surface area contributed by atoms with Crippen LogP contribution >= 0.6 is 11.6 Å². The van der Waals surface area contributed by atoms with Crippen LogP contribution in [0.15, 0.2) is 0 Å². The van der Waals surface area contributed by atoms with Crippen LogP contribution in [0.4, 0.5) is 0 Å². The molecule has 0 spiro atoms. The molecule has 0 atom stereocenters. The Labute approximate surface area is 88.7 Å². The van der Waals surface area contributed by atoms with E-state index in [0.29, 0.717) is 5.15 Å². The van der Waals surface area contributed by atoms with Gasteiger partial charge in [0.2, 0.25) is 0 Å². The van der Waals surface area contributed by atoms with Crippen LogP contribution in [-0.2, 0) is 12.0 Å². The molecule has 2 rings (SSSR count). The molecule has 1 heterocycles. The molecule has 0 aliphatic heterocycles. The summed E-state index contributed by atoms with van der Waals surface area (Å²) in [6.07, 6.45) is 2.84. The highest BCUT2D eigenvalue weighted by Crippen LogP contribution is 2.46. The van der Waals surface area contributed by atoms with Gasteiger partial charge >= 0.3 is 0 Å². The fourth-order valence-electron chi connectivity index (χ4n) is 1.73. The second-order valence-electron chi connectivity index (χ2n) is 3.89. The summed E-state index contributed by atoms with van der Waals surface area (Å²) >= 11 is 6.11. The summed E-state index contributed by atoms with van der Waals surface area (Å²) in [6, 6.07) is 0. The standard InChI is InChI=1S/C10H14ClN3/c1-3-7-8(10(12)4-5-10)9(11)14-6(2)13-7/h3-5,12H2,1-2H3. The summed E-state index contributed by atoms with van der Waals surface area (Å²) in [5.74, 6) is 0.722. The monoisotopic (exact) mass is 211 g/mol. The lowest BCUT2D eigenvalue weighted by atomic mass is 10.0. The smallest absolute Gasteiger partial charge is 0.138 e. The molecular formula is C10H14ClN3. The summed E-state index contributed by atoms with van der Waals surface area (Å²) < 4.78 is 0. The van der Waals surface area contributed by atoms with Crippen LogP contribution in [0.1, 0.15) is 36.8 Å². The molecule has 1 aliphatic carbocycles. The maximum atomic E-state index is 6.13. The summed E-state index contributed by atoms with van der Waals surface area (Å²) in [5.41, 5.74) is 7.86. The Morgan fingerprint density at radius 1 is 1.43 bits per heavy atom. The zero-order chi connectivity index (χ0) is 10.3. The summed E-state index contributed by atoms with van der Waals surface area (Å²) in [5, 5.41) is 0.536. The first-order chi connectivity index (χ1) is 6.57. The van der Waals surface area contributed by atoms with Gasteiger partial charge in [0.15, 0.2) is 0 Å². The average molecular weight is 212 g/mol. The predicted molar refractivity (Wildman–Crippen MR) is 56.3 cm³/mol. The fourth-order valence-corrected chi connectivity index (χ4v) is 2.15. The van der Waals surface area contributed by atoms with Crippen molar-refractivity contribution in [2.45, 2.75) is 38.6 Å². The van der Waals surface area contributed by atoms with Crippen molar-refractivity contribution in [3.05, 3.63) is 22.2 Å². The quantitative estimate of drug-likeness (QED) is 0.761. The third-order valence-corrected chi connectivity index (χ3v) is 2.95. The van der Waals surface area contributed by atoms with Gasteiger partial charge in [-0.2, -0.15) is 0 Å². The van der Waals surface area contributed by atoms with Crippen LogP contribution in [-0.4, -0.2) is 9.97 Å². The van der Waals surface area contributed by atoms with E-state index in [2.05, 4.69) is 16.9 Å². The minimum Gasteiger partial charge on any atom is -0.321 e. The number of aryl methyl sites for hydroxylation is 2. The Morgan fingerprint density at radius 3 is 2.57 bits per heavy atom. The third-order valence-electron chi connectivity index (χ3n) is 2.67. The predicted octanol–water partition coefficient (Wildman–Crippen LogP) is 1.95. The zero-order valence-electron chi connectivity index (χ0n) is 8.47. The van der Waals surface area contributed by atoms with Gasteiger partial charge in [-0.3, -0.25) is 0 Å². The molecule has 14 heavy (non-hydrogen) atoms. The van der Waals surface area contributed by atoms with Crippen LogP contribution in [0.3, 0.4) is 0 Å². The summed E-state index contributed by atoms with van der Waals surface area (Å²) in [4.78, 5) is 8.55. The fraction of sp³-hybridized carbons (Fsp3) is 0.600. The van der Waals surface area contributed by atoms with Crippen molar-refractivity contribution in [3.8, 4) is 0 Å². The van der Waals surface area contributed by atoms with Crippen LogP contribution in [0, 0.1) is 6.92 Å². The molecule has 0 radical (unpaired) electrons. The first-order valence-corrected chi connectivity index (χ1v) is 5.27. The van der Waals surface area contributed by atoms with Gasteiger partial charge in [0.1, 0.15) is 11.0 Å². The molecule has 3 nitrogen and oxygen atoms in total. The van der Waals surface area contributed by atoms with E-state index in [1.807, 2.05) is 6.92 Å². The molecule has 2 N–H and O–H groups in total. The van der Waals surface area contributed by atoms with E-state index in [9.17, 15) is 0 Å². The lowest BCUT2D eigenvalue weighted by molar-refractivity contribution is 0.705. The summed E-state index contributed by atoms with van der Waals surface area (Å²) in [6.45, 7) is 3.91. The highest BCUT2D eigenvalue weighted by molar-refractivity contribution is 6.30. The lowest BCUT2D eigenvalue weighted by Crippen LogP contribution is -2.23. The van der Waals surface area contributed by atoms with Crippen LogP contribution < -0.4 is 5.73 Å². The SMILES string of the molecule is CCc1nc(C)nc(Cl)c1C1(N)CC1. The van der Waals surface area contributed by atoms with E-state index in [1.54, 1.807) is 0 Å². The van der Waals surface area contributed by atoms with Gasteiger partial charge in [0, 0.05) is 11.1 Å². The highest BCUT2D eigenvalue weighted by atomic mass is 35.5. The molecule has 1 saturated carbocycles. The Balaban J connectivity index is 2.56. The molecule has 0 aromatic carbocycles. The Morgan fingerprint density at radius 2 is 2.07 bits per heavy atom. The van der Waals surface area contributed by atoms with Crippen LogP contribution in [0.25, 0.3) is 0 Å². The molecule has 0 amide bonds. The highest BCUT2D eigenvalue weighted by Gasteiger charge is 2.44. The zero-order valence-corrected chi connectivity index (χ0v) is 9.23. The number of rotatable bonds is 2. The number of nitrogens with zero attached hydrogens (tertiary/aromatic N) is 2. The average Bonchev–Trinajstić information content (AvgIpc) is 2.82. The van der Waals surface area contributed by atoms with Crippen molar-refractivity contribution in [2.24, 2.45) is 5.73 Å². The van der Waals surface area contributed by atoms with Gasteiger partial charge < -0.3 is 5.73 Å². The second kappa shape index (κ2) is 3.17. The molecule has 1 aromatic heterocycles.